The summed E-state index contributed by atoms with van der Waals surface area (Å²) < 4.78 is 31.4. The Labute approximate surface area is 184 Å². The van der Waals surface area contributed by atoms with Crippen LogP contribution in [0.3, 0.4) is 0 Å². The van der Waals surface area contributed by atoms with Crippen LogP contribution in [0.15, 0.2) is 23.7 Å². The van der Waals surface area contributed by atoms with Crippen LogP contribution >= 0.6 is 0 Å². The number of aliphatic hydroxyl groups excluding tert-OH is 1. The van der Waals surface area contributed by atoms with E-state index in [4.69, 9.17) is 4.74 Å². The number of anilines is 1. The van der Waals surface area contributed by atoms with Crippen LogP contribution in [0.2, 0.25) is 0 Å². The molecule has 32 heavy (non-hydrogen) atoms. The summed E-state index contributed by atoms with van der Waals surface area (Å²) in [5, 5.41) is 22.7. The van der Waals surface area contributed by atoms with Gasteiger partial charge in [0.15, 0.2) is 12.4 Å². The van der Waals surface area contributed by atoms with Gasteiger partial charge in [-0.25, -0.2) is 28.7 Å². The van der Waals surface area contributed by atoms with E-state index < -0.39 is 24.0 Å². The van der Waals surface area contributed by atoms with Gasteiger partial charge < -0.3 is 15.2 Å². The number of hydrogen-bond donors (Lipinski definition) is 2. The molecule has 1 aliphatic rings. The highest BCUT2D eigenvalue weighted by Gasteiger charge is 2.36. The Kier molecular flexibility index (Phi) is 6.93. The SMILES string of the molecule is CC(F)(F)COc1ncncc1CNc1ncc(C#N)c(N=C2CCC[C@@H](O)C2(C)C)n1. The number of ether oxygens (including phenoxy) is 1. The molecule has 1 saturated carbocycles. The molecule has 9 nitrogen and oxygen atoms in total. The lowest BCUT2D eigenvalue weighted by molar-refractivity contribution is -0.0245. The predicted molar refractivity (Wildman–Crippen MR) is 113 cm³/mol. The predicted octanol–water partition coefficient (Wildman–Crippen LogP) is 3.43. The third-order valence-corrected chi connectivity index (χ3v) is 5.24. The van der Waals surface area contributed by atoms with Gasteiger partial charge in [0.2, 0.25) is 11.8 Å². The molecule has 11 heteroatoms. The fraction of sp³-hybridized carbons (Fsp3) is 0.524. The zero-order valence-electron chi connectivity index (χ0n) is 18.1. The Morgan fingerprint density at radius 3 is 2.88 bits per heavy atom. The minimum absolute atomic E-state index is 0.0288. The molecule has 0 spiro atoms. The van der Waals surface area contributed by atoms with Gasteiger partial charge in [0.05, 0.1) is 17.9 Å². The second kappa shape index (κ2) is 9.48. The van der Waals surface area contributed by atoms with E-state index in [2.05, 4.69) is 30.2 Å². The van der Waals surface area contributed by atoms with E-state index in [1.54, 1.807) is 0 Å². The third-order valence-electron chi connectivity index (χ3n) is 5.24. The van der Waals surface area contributed by atoms with Crippen LogP contribution in [0.25, 0.3) is 0 Å². The van der Waals surface area contributed by atoms with E-state index in [-0.39, 0.29) is 29.8 Å². The molecule has 2 aromatic heterocycles. The third kappa shape index (κ3) is 5.70. The first-order chi connectivity index (χ1) is 15.1. The lowest BCUT2D eigenvalue weighted by atomic mass is 9.73. The summed E-state index contributed by atoms with van der Waals surface area (Å²) in [5.41, 5.74) is 0.883. The summed E-state index contributed by atoms with van der Waals surface area (Å²) in [5.74, 6) is -2.58. The molecular weight excluding hydrogens is 420 g/mol. The minimum atomic E-state index is -3.00. The van der Waals surface area contributed by atoms with Gasteiger partial charge in [0.25, 0.3) is 5.92 Å². The number of hydrogen-bond acceptors (Lipinski definition) is 9. The van der Waals surface area contributed by atoms with Crippen molar-refractivity contribution in [3.8, 4) is 11.9 Å². The number of aliphatic hydroxyl groups is 1. The minimum Gasteiger partial charge on any atom is -0.471 e. The molecule has 2 aromatic rings. The first-order valence-corrected chi connectivity index (χ1v) is 10.2. The number of aromatic nitrogens is 4. The maximum atomic E-state index is 13.1. The van der Waals surface area contributed by atoms with Gasteiger partial charge in [-0.1, -0.05) is 13.8 Å². The Morgan fingerprint density at radius 2 is 2.16 bits per heavy atom. The molecule has 170 valence electrons. The standard InChI is InChI=1S/C21H25F2N7O2/c1-20(2)15(5-4-6-16(20)31)29-17-13(7-24)9-26-19(30-17)27-10-14-8-25-12-28-18(14)32-11-21(3,22)23/h8-9,12,16,31H,4-6,10-11H2,1-3H3,(H,26,27,30)/t16-/m1/s1. The van der Waals surface area contributed by atoms with Crippen molar-refractivity contribution < 1.29 is 18.6 Å². The van der Waals surface area contributed by atoms with Crippen LogP contribution in [-0.2, 0) is 6.54 Å². The van der Waals surface area contributed by atoms with Crippen molar-refractivity contribution in [1.29, 1.82) is 5.26 Å². The van der Waals surface area contributed by atoms with Crippen LogP contribution in [0.5, 0.6) is 5.88 Å². The topological polar surface area (TPSA) is 129 Å². The van der Waals surface area contributed by atoms with Gasteiger partial charge in [-0.05, 0) is 19.3 Å². The number of nitriles is 1. The molecule has 0 saturated heterocycles. The maximum Gasteiger partial charge on any atom is 0.278 e. The van der Waals surface area contributed by atoms with Crippen LogP contribution in [-0.4, -0.2) is 49.4 Å². The van der Waals surface area contributed by atoms with E-state index >= 15 is 0 Å². The number of alkyl halides is 2. The number of nitrogens with zero attached hydrogens (tertiary/aromatic N) is 6. The summed E-state index contributed by atoms with van der Waals surface area (Å²) in [6.45, 7) is 3.88. The van der Waals surface area contributed by atoms with E-state index in [9.17, 15) is 19.1 Å². The Bertz CT molecular complexity index is 1030. The zero-order chi connectivity index (χ0) is 23.4. The second-order valence-electron chi connectivity index (χ2n) is 8.30. The fourth-order valence-electron chi connectivity index (χ4n) is 3.26. The molecule has 0 radical (unpaired) electrons. The molecule has 1 atom stereocenters. The molecule has 0 amide bonds. The monoisotopic (exact) mass is 445 g/mol. The van der Waals surface area contributed by atoms with Crippen molar-refractivity contribution >= 4 is 17.5 Å². The van der Waals surface area contributed by atoms with Gasteiger partial charge in [-0.2, -0.15) is 10.2 Å². The van der Waals surface area contributed by atoms with Crippen molar-refractivity contribution in [3.63, 3.8) is 0 Å². The van der Waals surface area contributed by atoms with Crippen LogP contribution in [0.1, 0.15) is 51.2 Å². The lowest BCUT2D eigenvalue weighted by Gasteiger charge is -2.36. The summed E-state index contributed by atoms with van der Waals surface area (Å²) in [4.78, 5) is 20.9. The number of halogens is 2. The van der Waals surface area contributed by atoms with Gasteiger partial charge in [-0.15, -0.1) is 0 Å². The van der Waals surface area contributed by atoms with Crippen LogP contribution < -0.4 is 10.1 Å². The largest absolute Gasteiger partial charge is 0.471 e. The van der Waals surface area contributed by atoms with E-state index in [0.717, 1.165) is 19.1 Å². The molecule has 2 N–H and O–H groups in total. The maximum absolute atomic E-state index is 13.1. The molecular formula is C21H25F2N7O2. The van der Waals surface area contributed by atoms with Crippen molar-refractivity contribution in [2.45, 2.75) is 58.6 Å². The fourth-order valence-corrected chi connectivity index (χ4v) is 3.26. The highest BCUT2D eigenvalue weighted by Crippen LogP contribution is 2.35. The molecule has 3 rings (SSSR count). The molecule has 1 fully saturated rings. The van der Waals surface area contributed by atoms with Crippen LogP contribution in [0.4, 0.5) is 20.5 Å². The zero-order valence-corrected chi connectivity index (χ0v) is 18.1. The average molecular weight is 445 g/mol. The van der Waals surface area contributed by atoms with Gasteiger partial charge >= 0.3 is 0 Å². The Morgan fingerprint density at radius 1 is 1.38 bits per heavy atom. The van der Waals surface area contributed by atoms with Crippen LogP contribution in [0, 0.1) is 16.7 Å². The second-order valence-corrected chi connectivity index (χ2v) is 8.30. The summed E-state index contributed by atoms with van der Waals surface area (Å²) in [6.07, 6.45) is 5.69. The number of rotatable bonds is 7. The summed E-state index contributed by atoms with van der Waals surface area (Å²) >= 11 is 0. The quantitative estimate of drug-likeness (QED) is 0.663. The smallest absolute Gasteiger partial charge is 0.278 e. The summed E-state index contributed by atoms with van der Waals surface area (Å²) in [6, 6.07) is 2.03. The van der Waals surface area contributed by atoms with E-state index in [0.29, 0.717) is 18.4 Å². The normalized spacial score (nSPS) is 19.4. The highest BCUT2D eigenvalue weighted by atomic mass is 19.3. The molecule has 0 bridgehead atoms. The van der Waals surface area contributed by atoms with Crippen molar-refractivity contribution in [1.82, 2.24) is 19.9 Å². The Balaban J connectivity index is 1.80. The van der Waals surface area contributed by atoms with Gasteiger partial charge in [0.1, 0.15) is 18.0 Å². The number of aliphatic imine (C=N–C) groups is 1. The lowest BCUT2D eigenvalue weighted by Crippen LogP contribution is -2.40. The first-order valence-electron chi connectivity index (χ1n) is 10.2. The average Bonchev–Trinajstić information content (AvgIpc) is 2.74. The first kappa shape index (κ1) is 23.4. The van der Waals surface area contributed by atoms with Crippen molar-refractivity contribution in [3.05, 3.63) is 29.8 Å². The van der Waals surface area contributed by atoms with Gasteiger partial charge in [0, 0.05) is 30.8 Å². The number of nitrogens with one attached hydrogen (secondary N) is 1. The molecule has 0 aliphatic heterocycles. The molecule has 0 unspecified atom stereocenters. The van der Waals surface area contributed by atoms with Crippen molar-refractivity contribution in [2.75, 3.05) is 11.9 Å². The Hall–Kier alpha value is -3.26. The van der Waals surface area contributed by atoms with E-state index in [1.807, 2.05) is 19.9 Å². The highest BCUT2D eigenvalue weighted by molar-refractivity contribution is 5.93. The molecule has 0 aromatic carbocycles. The summed E-state index contributed by atoms with van der Waals surface area (Å²) in [7, 11) is 0. The van der Waals surface area contributed by atoms with Gasteiger partial charge in [-0.3, -0.25) is 0 Å². The molecule has 2 heterocycles. The molecule has 1 aliphatic carbocycles. The van der Waals surface area contributed by atoms with E-state index in [1.165, 1.54) is 18.7 Å². The van der Waals surface area contributed by atoms with Crippen molar-refractivity contribution in [2.24, 2.45) is 10.4 Å².